The molecular weight excluding hydrogens is 164 g/mol. The average molecular weight is 176 g/mol. The summed E-state index contributed by atoms with van der Waals surface area (Å²) < 4.78 is 0. The van der Waals surface area contributed by atoms with Crippen LogP contribution < -0.4 is 5.84 Å². The molecule has 0 bridgehead atoms. The first-order chi connectivity index (χ1) is 5.13. The van der Waals surface area contributed by atoms with Gasteiger partial charge in [0.15, 0.2) is 0 Å². The van der Waals surface area contributed by atoms with Crippen molar-refractivity contribution in [1.82, 2.24) is 5.01 Å². The highest BCUT2D eigenvalue weighted by Gasteiger charge is 2.19. The lowest BCUT2D eigenvalue weighted by Gasteiger charge is -2.20. The summed E-state index contributed by atoms with van der Waals surface area (Å²) in [6.07, 6.45) is 1.54. The Bertz CT molecular complexity index is 152. The van der Waals surface area contributed by atoms with Crippen molar-refractivity contribution in [3.8, 4) is 0 Å². The molecule has 5 heteroatoms. The van der Waals surface area contributed by atoms with Gasteiger partial charge in [0.2, 0.25) is 0 Å². The number of carboxylic acids is 1. The first-order valence-corrected chi connectivity index (χ1v) is 3.72. The maximum atomic E-state index is 10.4. The first-order valence-electron chi connectivity index (χ1n) is 3.09. The summed E-state index contributed by atoms with van der Waals surface area (Å²) in [6, 6.07) is -0.740. The fraction of sp³-hybridized carbons (Fsp3) is 0.500. The van der Waals surface area contributed by atoms with Crippen LogP contribution in [0.2, 0.25) is 0 Å². The molecule has 11 heavy (non-hydrogen) atoms. The van der Waals surface area contributed by atoms with Crippen LogP contribution in [-0.4, -0.2) is 34.4 Å². The maximum absolute atomic E-state index is 10.4. The van der Waals surface area contributed by atoms with Crippen LogP contribution in [0.15, 0.2) is 12.7 Å². The lowest BCUT2D eigenvalue weighted by molar-refractivity contribution is -0.142. The van der Waals surface area contributed by atoms with E-state index in [4.69, 9.17) is 10.9 Å². The number of carboxylic acid groups (broad SMARTS) is 1. The van der Waals surface area contributed by atoms with Gasteiger partial charge < -0.3 is 5.11 Å². The molecular formula is C6H12N2O2S. The zero-order valence-electron chi connectivity index (χ0n) is 6.10. The molecule has 0 aliphatic rings. The third-order valence-corrected chi connectivity index (χ3v) is 1.54. The Morgan fingerprint density at radius 2 is 2.45 bits per heavy atom. The largest absolute Gasteiger partial charge is 0.480 e. The third-order valence-electron chi connectivity index (χ3n) is 1.20. The second kappa shape index (κ2) is 5.17. The Kier molecular flexibility index (Phi) is 4.93. The molecule has 0 spiro atoms. The quantitative estimate of drug-likeness (QED) is 0.233. The lowest BCUT2D eigenvalue weighted by Crippen LogP contribution is -2.47. The van der Waals surface area contributed by atoms with Crippen LogP contribution in [0.3, 0.4) is 0 Å². The Balaban J connectivity index is 4.01. The summed E-state index contributed by atoms with van der Waals surface area (Å²) in [5.74, 6) is 4.60. The summed E-state index contributed by atoms with van der Waals surface area (Å²) in [6.45, 7) is 3.78. The highest BCUT2D eigenvalue weighted by atomic mass is 32.1. The van der Waals surface area contributed by atoms with E-state index >= 15 is 0 Å². The van der Waals surface area contributed by atoms with Gasteiger partial charge in [-0.3, -0.25) is 10.6 Å². The molecule has 0 amide bonds. The fourth-order valence-corrected chi connectivity index (χ4v) is 0.967. The number of aliphatic carboxylic acids is 1. The summed E-state index contributed by atoms with van der Waals surface area (Å²) in [4.78, 5) is 10.4. The van der Waals surface area contributed by atoms with Crippen molar-refractivity contribution in [2.75, 3.05) is 12.3 Å². The van der Waals surface area contributed by atoms with Crippen molar-refractivity contribution in [3.05, 3.63) is 12.7 Å². The fourth-order valence-electron chi connectivity index (χ4n) is 0.601. The maximum Gasteiger partial charge on any atom is 0.323 e. The molecule has 0 unspecified atom stereocenters. The number of thiol groups is 1. The van der Waals surface area contributed by atoms with Crippen LogP contribution in [-0.2, 0) is 4.79 Å². The van der Waals surface area contributed by atoms with Gasteiger partial charge in [-0.1, -0.05) is 6.08 Å². The molecule has 0 saturated heterocycles. The number of hydrazine groups is 1. The summed E-state index contributed by atoms with van der Waals surface area (Å²) in [5, 5.41) is 9.75. The number of nitrogens with zero attached hydrogens (tertiary/aromatic N) is 1. The van der Waals surface area contributed by atoms with E-state index in [0.717, 1.165) is 0 Å². The van der Waals surface area contributed by atoms with E-state index < -0.39 is 12.0 Å². The van der Waals surface area contributed by atoms with Crippen molar-refractivity contribution in [3.63, 3.8) is 0 Å². The molecule has 0 radical (unpaired) electrons. The Morgan fingerprint density at radius 1 is 1.91 bits per heavy atom. The smallest absolute Gasteiger partial charge is 0.323 e. The molecule has 0 aromatic heterocycles. The van der Waals surface area contributed by atoms with Crippen molar-refractivity contribution in [2.24, 2.45) is 5.84 Å². The first kappa shape index (κ1) is 10.5. The molecule has 0 saturated carbocycles. The van der Waals surface area contributed by atoms with E-state index in [0.29, 0.717) is 6.54 Å². The predicted molar refractivity (Wildman–Crippen MR) is 46.4 cm³/mol. The molecule has 64 valence electrons. The third kappa shape index (κ3) is 3.41. The molecule has 0 aromatic rings. The summed E-state index contributed by atoms with van der Waals surface area (Å²) in [7, 11) is 0. The predicted octanol–water partition coefficient (Wildman–Crippen LogP) is -0.269. The van der Waals surface area contributed by atoms with Gasteiger partial charge in [0.1, 0.15) is 6.04 Å². The highest BCUT2D eigenvalue weighted by Crippen LogP contribution is 1.96. The van der Waals surface area contributed by atoms with E-state index in [-0.39, 0.29) is 5.75 Å². The number of rotatable bonds is 5. The van der Waals surface area contributed by atoms with Crippen molar-refractivity contribution < 1.29 is 9.90 Å². The highest BCUT2D eigenvalue weighted by molar-refractivity contribution is 7.80. The minimum Gasteiger partial charge on any atom is -0.480 e. The van der Waals surface area contributed by atoms with Gasteiger partial charge in [-0.05, 0) is 0 Å². The van der Waals surface area contributed by atoms with Crippen LogP contribution in [0.25, 0.3) is 0 Å². The van der Waals surface area contributed by atoms with Gasteiger partial charge in [0, 0.05) is 12.3 Å². The number of hydrogen-bond acceptors (Lipinski definition) is 4. The molecule has 0 rings (SSSR count). The topological polar surface area (TPSA) is 66.6 Å². The molecule has 0 heterocycles. The number of carbonyl (C=O) groups is 1. The van der Waals surface area contributed by atoms with Gasteiger partial charge in [-0.15, -0.1) is 6.58 Å². The minimum atomic E-state index is -0.968. The Hall–Kier alpha value is -0.520. The molecule has 0 aliphatic heterocycles. The van der Waals surface area contributed by atoms with Gasteiger partial charge >= 0.3 is 5.97 Å². The molecule has 0 aromatic carbocycles. The van der Waals surface area contributed by atoms with Gasteiger partial charge in [0.05, 0.1) is 0 Å². The second-order valence-electron chi connectivity index (χ2n) is 2.02. The monoisotopic (exact) mass is 176 g/mol. The lowest BCUT2D eigenvalue weighted by atomic mass is 10.3. The summed E-state index contributed by atoms with van der Waals surface area (Å²) in [5.41, 5.74) is 0. The van der Waals surface area contributed by atoms with E-state index in [2.05, 4.69) is 19.2 Å². The van der Waals surface area contributed by atoms with Crippen molar-refractivity contribution >= 4 is 18.6 Å². The van der Waals surface area contributed by atoms with Crippen LogP contribution in [0, 0.1) is 0 Å². The molecule has 0 fully saturated rings. The van der Waals surface area contributed by atoms with E-state index in [9.17, 15) is 4.79 Å². The van der Waals surface area contributed by atoms with Crippen LogP contribution in [0.5, 0.6) is 0 Å². The van der Waals surface area contributed by atoms with Crippen LogP contribution >= 0.6 is 12.6 Å². The standard InChI is InChI=1S/C6H12N2O2S/c1-2-3-8(7)5(4-11)6(9)10/h2,5,11H,1,3-4,7H2,(H,9,10)/t5-/m1/s1. The van der Waals surface area contributed by atoms with E-state index in [1.165, 1.54) is 5.01 Å². The average Bonchev–Trinajstić information content (AvgIpc) is 1.88. The van der Waals surface area contributed by atoms with Crippen molar-refractivity contribution in [1.29, 1.82) is 0 Å². The molecule has 4 nitrogen and oxygen atoms in total. The molecule has 0 aliphatic carbocycles. The minimum absolute atomic E-state index is 0.194. The van der Waals surface area contributed by atoms with Crippen LogP contribution in [0.1, 0.15) is 0 Å². The van der Waals surface area contributed by atoms with Gasteiger partial charge in [0.25, 0.3) is 0 Å². The van der Waals surface area contributed by atoms with E-state index in [1.807, 2.05) is 0 Å². The van der Waals surface area contributed by atoms with E-state index in [1.54, 1.807) is 6.08 Å². The number of nitrogens with two attached hydrogens (primary N) is 1. The van der Waals surface area contributed by atoms with Gasteiger partial charge in [-0.25, -0.2) is 5.01 Å². The zero-order chi connectivity index (χ0) is 8.85. The normalized spacial score (nSPS) is 13.0. The summed E-state index contributed by atoms with van der Waals surface area (Å²) >= 11 is 3.85. The Labute approximate surface area is 71.1 Å². The Morgan fingerprint density at radius 3 is 2.73 bits per heavy atom. The van der Waals surface area contributed by atoms with Crippen LogP contribution in [0.4, 0.5) is 0 Å². The SMILES string of the molecule is C=CCN(N)[C@H](CS)C(=O)O. The van der Waals surface area contributed by atoms with Gasteiger partial charge in [-0.2, -0.15) is 12.6 Å². The molecule has 1 atom stereocenters. The second-order valence-corrected chi connectivity index (χ2v) is 2.39. The van der Waals surface area contributed by atoms with Crippen molar-refractivity contribution in [2.45, 2.75) is 6.04 Å². The number of hydrogen-bond donors (Lipinski definition) is 3. The zero-order valence-corrected chi connectivity index (χ0v) is 7.00. The molecule has 3 N–H and O–H groups in total.